The molecule has 0 saturated heterocycles. The van der Waals surface area contributed by atoms with Crippen LogP contribution in [0, 0.1) is 6.92 Å². The zero-order valence-corrected chi connectivity index (χ0v) is 15.1. The molecule has 0 aliphatic rings. The number of imidazole rings is 1. The van der Waals surface area contributed by atoms with Crippen molar-refractivity contribution in [1.29, 1.82) is 0 Å². The molecule has 2 aromatic heterocycles. The average molecular weight is 359 g/mol. The first-order valence-electron chi connectivity index (χ1n) is 8.33. The molecular weight excluding hydrogens is 342 g/mol. The molecule has 0 bridgehead atoms. The number of aryl methyl sites for hydroxylation is 1. The summed E-state index contributed by atoms with van der Waals surface area (Å²) in [6, 6.07) is 18.9. The third-order valence-electron chi connectivity index (χ3n) is 4.14. The van der Waals surface area contributed by atoms with Crippen LogP contribution in [-0.2, 0) is 5.75 Å². The first kappa shape index (κ1) is 16.5. The smallest absolute Gasteiger partial charge is 0.193 e. The highest BCUT2D eigenvalue weighted by Gasteiger charge is 2.11. The average Bonchev–Trinajstić information content (AvgIpc) is 3.09. The molecule has 0 amide bonds. The summed E-state index contributed by atoms with van der Waals surface area (Å²) in [6.07, 6.45) is 1.80. The SMILES string of the molecule is Cc1cccnc1SCc1nc2cc(C(=O)c3ccccc3)ccc2[nH]1. The molecule has 0 saturated carbocycles. The molecule has 0 spiro atoms. The van der Waals surface area contributed by atoms with Crippen molar-refractivity contribution in [3.05, 3.63) is 89.4 Å². The number of rotatable bonds is 5. The van der Waals surface area contributed by atoms with E-state index in [0.29, 0.717) is 16.9 Å². The number of nitrogens with one attached hydrogen (secondary N) is 1. The predicted molar refractivity (Wildman–Crippen MR) is 105 cm³/mol. The van der Waals surface area contributed by atoms with Crippen molar-refractivity contribution in [2.45, 2.75) is 17.7 Å². The zero-order chi connectivity index (χ0) is 17.9. The largest absolute Gasteiger partial charge is 0.341 e. The van der Waals surface area contributed by atoms with Crippen LogP contribution in [0.1, 0.15) is 27.3 Å². The lowest BCUT2D eigenvalue weighted by Crippen LogP contribution is -2.00. The molecule has 26 heavy (non-hydrogen) atoms. The molecule has 0 atom stereocenters. The van der Waals surface area contributed by atoms with E-state index in [9.17, 15) is 4.79 Å². The summed E-state index contributed by atoms with van der Waals surface area (Å²) in [7, 11) is 0. The lowest BCUT2D eigenvalue weighted by molar-refractivity contribution is 0.103. The lowest BCUT2D eigenvalue weighted by atomic mass is 10.0. The lowest BCUT2D eigenvalue weighted by Gasteiger charge is -2.01. The molecule has 0 radical (unpaired) electrons. The Kier molecular flexibility index (Phi) is 4.54. The fraction of sp³-hybridized carbons (Fsp3) is 0.0952. The number of carbonyl (C=O) groups excluding carboxylic acids is 1. The van der Waals surface area contributed by atoms with Crippen LogP contribution in [0.3, 0.4) is 0 Å². The van der Waals surface area contributed by atoms with Gasteiger partial charge < -0.3 is 4.98 Å². The number of ketones is 1. The fourth-order valence-electron chi connectivity index (χ4n) is 2.78. The Morgan fingerprint density at radius 2 is 1.88 bits per heavy atom. The van der Waals surface area contributed by atoms with Crippen molar-refractivity contribution < 1.29 is 4.79 Å². The molecule has 4 rings (SSSR count). The number of aromatic amines is 1. The molecule has 0 aliphatic heterocycles. The number of benzene rings is 2. The summed E-state index contributed by atoms with van der Waals surface area (Å²) in [4.78, 5) is 24.9. The van der Waals surface area contributed by atoms with Gasteiger partial charge in [-0.15, -0.1) is 0 Å². The van der Waals surface area contributed by atoms with E-state index < -0.39 is 0 Å². The van der Waals surface area contributed by atoms with Gasteiger partial charge in [0.05, 0.1) is 21.8 Å². The third-order valence-corrected chi connectivity index (χ3v) is 5.26. The second-order valence-corrected chi connectivity index (χ2v) is 6.99. The van der Waals surface area contributed by atoms with Gasteiger partial charge in [-0.3, -0.25) is 4.79 Å². The van der Waals surface area contributed by atoms with Crippen LogP contribution in [0.25, 0.3) is 11.0 Å². The van der Waals surface area contributed by atoms with Crippen LogP contribution in [0.4, 0.5) is 0 Å². The van der Waals surface area contributed by atoms with Gasteiger partial charge in [0, 0.05) is 17.3 Å². The van der Waals surface area contributed by atoms with Crippen LogP contribution in [-0.4, -0.2) is 20.7 Å². The van der Waals surface area contributed by atoms with Crippen molar-refractivity contribution in [1.82, 2.24) is 15.0 Å². The van der Waals surface area contributed by atoms with Crippen molar-refractivity contribution in [3.63, 3.8) is 0 Å². The standard InChI is InChI=1S/C21H17N3OS/c1-14-6-5-11-22-21(14)26-13-19-23-17-10-9-16(12-18(17)24-19)20(25)15-7-3-2-4-8-15/h2-12H,13H2,1H3,(H,23,24). The summed E-state index contributed by atoms with van der Waals surface area (Å²) in [5, 5.41) is 1.01. The number of pyridine rings is 1. The normalized spacial score (nSPS) is 11.0. The van der Waals surface area contributed by atoms with Crippen LogP contribution < -0.4 is 0 Å². The van der Waals surface area contributed by atoms with Crippen LogP contribution in [0.15, 0.2) is 71.9 Å². The van der Waals surface area contributed by atoms with E-state index in [0.717, 1.165) is 27.4 Å². The minimum Gasteiger partial charge on any atom is -0.341 e. The molecular formula is C21H17N3OS. The minimum atomic E-state index is 0.00975. The van der Waals surface area contributed by atoms with E-state index in [1.807, 2.05) is 54.6 Å². The van der Waals surface area contributed by atoms with Gasteiger partial charge in [-0.05, 0) is 36.8 Å². The van der Waals surface area contributed by atoms with Gasteiger partial charge in [0.2, 0.25) is 0 Å². The van der Waals surface area contributed by atoms with Gasteiger partial charge >= 0.3 is 0 Å². The minimum absolute atomic E-state index is 0.00975. The molecule has 2 aromatic carbocycles. The van der Waals surface area contributed by atoms with Crippen LogP contribution >= 0.6 is 11.8 Å². The predicted octanol–water partition coefficient (Wildman–Crippen LogP) is 4.79. The molecule has 0 unspecified atom stereocenters. The van der Waals surface area contributed by atoms with E-state index in [1.54, 1.807) is 18.0 Å². The summed E-state index contributed by atoms with van der Waals surface area (Å²) in [5.41, 5.74) is 4.23. The van der Waals surface area contributed by atoms with Gasteiger partial charge in [0.25, 0.3) is 0 Å². The Balaban J connectivity index is 1.56. The highest BCUT2D eigenvalue weighted by Crippen LogP contribution is 2.24. The quantitative estimate of drug-likeness (QED) is 0.411. The summed E-state index contributed by atoms with van der Waals surface area (Å²) in [6.45, 7) is 2.05. The Hall–Kier alpha value is -2.92. The van der Waals surface area contributed by atoms with Gasteiger partial charge in [-0.2, -0.15) is 0 Å². The van der Waals surface area contributed by atoms with Gasteiger partial charge in [-0.1, -0.05) is 48.2 Å². The molecule has 128 valence electrons. The zero-order valence-electron chi connectivity index (χ0n) is 14.3. The first-order chi connectivity index (χ1) is 12.7. The van der Waals surface area contributed by atoms with Gasteiger partial charge in [0.15, 0.2) is 5.78 Å². The third kappa shape index (κ3) is 3.39. The van der Waals surface area contributed by atoms with E-state index in [2.05, 4.69) is 27.9 Å². The van der Waals surface area contributed by atoms with E-state index in [4.69, 9.17) is 0 Å². The first-order valence-corrected chi connectivity index (χ1v) is 9.32. The molecule has 4 aromatic rings. The topological polar surface area (TPSA) is 58.6 Å². The molecule has 1 N–H and O–H groups in total. The van der Waals surface area contributed by atoms with Crippen LogP contribution in [0.2, 0.25) is 0 Å². The fourth-order valence-corrected chi connectivity index (χ4v) is 3.62. The number of aromatic nitrogens is 3. The number of hydrogen-bond acceptors (Lipinski definition) is 4. The van der Waals surface area contributed by atoms with Crippen molar-refractivity contribution >= 4 is 28.6 Å². The van der Waals surface area contributed by atoms with Crippen molar-refractivity contribution in [2.75, 3.05) is 0 Å². The summed E-state index contributed by atoms with van der Waals surface area (Å²) < 4.78 is 0. The van der Waals surface area contributed by atoms with Crippen molar-refractivity contribution in [3.8, 4) is 0 Å². The molecule has 0 fully saturated rings. The summed E-state index contributed by atoms with van der Waals surface area (Å²) >= 11 is 1.65. The maximum atomic E-state index is 12.6. The number of fused-ring (bicyclic) bond motifs is 1. The Labute approximate surface area is 155 Å². The Morgan fingerprint density at radius 1 is 1.04 bits per heavy atom. The van der Waals surface area contributed by atoms with Crippen molar-refractivity contribution in [2.24, 2.45) is 0 Å². The maximum Gasteiger partial charge on any atom is 0.193 e. The van der Waals surface area contributed by atoms with E-state index in [1.165, 1.54) is 0 Å². The highest BCUT2D eigenvalue weighted by atomic mass is 32.2. The second kappa shape index (κ2) is 7.14. The number of hydrogen-bond donors (Lipinski definition) is 1. The number of carbonyl (C=O) groups is 1. The molecule has 2 heterocycles. The number of thioether (sulfide) groups is 1. The monoisotopic (exact) mass is 359 g/mol. The van der Waals surface area contributed by atoms with E-state index in [-0.39, 0.29) is 5.78 Å². The molecule has 4 nitrogen and oxygen atoms in total. The molecule has 0 aliphatic carbocycles. The molecule has 5 heteroatoms. The second-order valence-electron chi connectivity index (χ2n) is 6.02. The van der Waals surface area contributed by atoms with E-state index >= 15 is 0 Å². The van der Waals surface area contributed by atoms with Gasteiger partial charge in [-0.25, -0.2) is 9.97 Å². The number of H-pyrrole nitrogens is 1. The maximum absolute atomic E-state index is 12.6. The summed E-state index contributed by atoms with van der Waals surface area (Å²) in [5.74, 6) is 1.59. The Morgan fingerprint density at radius 3 is 2.69 bits per heavy atom. The number of nitrogens with zero attached hydrogens (tertiary/aromatic N) is 2. The highest BCUT2D eigenvalue weighted by molar-refractivity contribution is 7.98. The van der Waals surface area contributed by atoms with Crippen LogP contribution in [0.5, 0.6) is 0 Å². The Bertz CT molecular complexity index is 1070. The van der Waals surface area contributed by atoms with Gasteiger partial charge in [0.1, 0.15) is 5.82 Å².